The lowest BCUT2D eigenvalue weighted by Crippen LogP contribution is -2.49. The molecule has 0 spiro atoms. The number of hydrogen-bond acceptors (Lipinski definition) is 7. The highest BCUT2D eigenvalue weighted by atomic mass is 16.6. The summed E-state index contributed by atoms with van der Waals surface area (Å²) in [5.74, 6) is -1.04. The molecule has 0 unspecified atom stereocenters. The van der Waals surface area contributed by atoms with Crippen molar-refractivity contribution >= 4 is 23.3 Å². The van der Waals surface area contributed by atoms with Gasteiger partial charge in [0, 0.05) is 44.0 Å². The minimum atomic E-state index is -1.20. The summed E-state index contributed by atoms with van der Waals surface area (Å²) >= 11 is 0. The fourth-order valence-electron chi connectivity index (χ4n) is 3.42. The van der Waals surface area contributed by atoms with E-state index in [0.717, 1.165) is 0 Å². The Morgan fingerprint density at radius 1 is 1.13 bits per heavy atom. The summed E-state index contributed by atoms with van der Waals surface area (Å²) in [6.07, 6.45) is 0.179. The Morgan fingerprint density at radius 2 is 1.84 bits per heavy atom. The molecule has 0 saturated carbocycles. The molecule has 2 aromatic carbocycles. The van der Waals surface area contributed by atoms with Gasteiger partial charge in [-0.2, -0.15) is 0 Å². The van der Waals surface area contributed by atoms with Crippen molar-refractivity contribution in [2.75, 3.05) is 37.7 Å². The van der Waals surface area contributed by atoms with Crippen LogP contribution in [0.15, 0.2) is 36.4 Å². The highest BCUT2D eigenvalue weighted by molar-refractivity contribution is 5.92. The number of non-ortho nitro benzene ring substituents is 1. The number of carbonyl (C=O) groups excluding carboxylic acids is 1. The third kappa shape index (κ3) is 5.21. The maximum atomic E-state index is 12.5. The lowest BCUT2D eigenvalue weighted by molar-refractivity contribution is -0.384. The number of hydrogen-bond donors (Lipinski definition) is 2. The van der Waals surface area contributed by atoms with E-state index in [1.54, 1.807) is 17.9 Å². The first kappa shape index (κ1) is 21.9. The van der Waals surface area contributed by atoms with Crippen molar-refractivity contribution in [3.05, 3.63) is 57.6 Å². The summed E-state index contributed by atoms with van der Waals surface area (Å²) in [4.78, 5) is 37.7. The number of nitrogens with zero attached hydrogens (tertiary/aromatic N) is 3. The van der Waals surface area contributed by atoms with Crippen LogP contribution in [-0.4, -0.2) is 64.7 Å². The third-order valence-electron chi connectivity index (χ3n) is 5.15. The smallest absolute Gasteiger partial charge is 0.339 e. The van der Waals surface area contributed by atoms with Crippen molar-refractivity contribution < 1.29 is 29.5 Å². The monoisotopic (exact) mass is 429 g/mol. The number of anilines is 1. The highest BCUT2D eigenvalue weighted by Crippen LogP contribution is 2.26. The van der Waals surface area contributed by atoms with E-state index in [4.69, 9.17) is 9.84 Å². The molecular weight excluding hydrogens is 406 g/mol. The molecule has 31 heavy (non-hydrogen) atoms. The van der Waals surface area contributed by atoms with Crippen molar-refractivity contribution in [3.8, 4) is 11.5 Å². The van der Waals surface area contributed by atoms with Crippen molar-refractivity contribution in [3.63, 3.8) is 0 Å². The average molecular weight is 429 g/mol. The van der Waals surface area contributed by atoms with Gasteiger partial charge in [-0.15, -0.1) is 0 Å². The first-order valence-corrected chi connectivity index (χ1v) is 9.73. The predicted octanol–water partition coefficient (Wildman–Crippen LogP) is 2.42. The second-order valence-electron chi connectivity index (χ2n) is 7.18. The first-order chi connectivity index (χ1) is 14.8. The van der Waals surface area contributed by atoms with Crippen molar-refractivity contribution in [1.29, 1.82) is 0 Å². The van der Waals surface area contributed by atoms with Crippen molar-refractivity contribution in [2.24, 2.45) is 0 Å². The van der Waals surface area contributed by atoms with Crippen molar-refractivity contribution in [1.82, 2.24) is 4.90 Å². The van der Waals surface area contributed by atoms with E-state index in [1.807, 2.05) is 4.90 Å². The van der Waals surface area contributed by atoms with Gasteiger partial charge in [-0.05, 0) is 36.8 Å². The molecule has 0 bridgehead atoms. The lowest BCUT2D eigenvalue weighted by Gasteiger charge is -2.36. The van der Waals surface area contributed by atoms with Crippen LogP contribution in [0.4, 0.5) is 11.4 Å². The molecule has 2 N–H and O–H groups in total. The molecule has 0 aliphatic carbocycles. The van der Waals surface area contributed by atoms with E-state index in [0.29, 0.717) is 43.2 Å². The first-order valence-electron chi connectivity index (χ1n) is 9.73. The molecule has 0 atom stereocenters. The number of amides is 1. The molecule has 10 nitrogen and oxygen atoms in total. The highest BCUT2D eigenvalue weighted by Gasteiger charge is 2.22. The van der Waals surface area contributed by atoms with Crippen LogP contribution in [-0.2, 0) is 4.79 Å². The number of aryl methyl sites for hydroxylation is 1. The molecule has 1 fully saturated rings. The number of ether oxygens (including phenoxy) is 1. The Labute approximate surface area is 178 Å². The summed E-state index contributed by atoms with van der Waals surface area (Å²) < 4.78 is 5.61. The molecule has 1 saturated heterocycles. The maximum Gasteiger partial charge on any atom is 0.339 e. The molecular formula is C21H23N3O7. The van der Waals surface area contributed by atoms with E-state index in [-0.39, 0.29) is 35.9 Å². The third-order valence-corrected chi connectivity index (χ3v) is 5.15. The van der Waals surface area contributed by atoms with Crippen LogP contribution in [0.3, 0.4) is 0 Å². The summed E-state index contributed by atoms with van der Waals surface area (Å²) in [5, 5.41) is 29.6. The zero-order valence-electron chi connectivity index (χ0n) is 17.0. The number of carboxylic acids is 1. The molecule has 1 aliphatic heterocycles. The maximum absolute atomic E-state index is 12.5. The van der Waals surface area contributed by atoms with Gasteiger partial charge in [0.2, 0.25) is 5.91 Å². The normalized spacial score (nSPS) is 13.7. The number of aromatic hydroxyl groups is 1. The summed E-state index contributed by atoms with van der Waals surface area (Å²) in [7, 11) is 0. The van der Waals surface area contributed by atoms with Gasteiger partial charge in [-0.25, -0.2) is 4.79 Å². The lowest BCUT2D eigenvalue weighted by atomic mass is 10.1. The SMILES string of the molecule is Cc1cc([N+](=O)[O-])ccc1OCCC(=O)N1CCN(c2ccc(O)c(C(=O)O)c2)CC1. The Hall–Kier alpha value is -3.82. The van der Waals surface area contributed by atoms with Crippen LogP contribution in [0.2, 0.25) is 0 Å². The molecule has 10 heteroatoms. The molecule has 1 heterocycles. The quantitative estimate of drug-likeness (QED) is 0.506. The van der Waals surface area contributed by atoms with E-state index in [9.17, 15) is 24.8 Å². The van der Waals surface area contributed by atoms with Gasteiger partial charge >= 0.3 is 5.97 Å². The van der Waals surface area contributed by atoms with Gasteiger partial charge < -0.3 is 24.7 Å². The fraction of sp³-hybridized carbons (Fsp3) is 0.333. The number of aromatic carboxylic acids is 1. The zero-order valence-corrected chi connectivity index (χ0v) is 17.0. The van der Waals surface area contributed by atoms with E-state index in [2.05, 4.69) is 0 Å². The molecule has 1 amide bonds. The minimum absolute atomic E-state index is 0.0112. The second-order valence-corrected chi connectivity index (χ2v) is 7.18. The predicted molar refractivity (Wildman–Crippen MR) is 112 cm³/mol. The number of benzene rings is 2. The zero-order chi connectivity index (χ0) is 22.5. The van der Waals surface area contributed by atoms with Crippen LogP contribution >= 0.6 is 0 Å². The minimum Gasteiger partial charge on any atom is -0.507 e. The van der Waals surface area contributed by atoms with Crippen LogP contribution in [0.25, 0.3) is 0 Å². The number of nitro groups is 1. The van der Waals surface area contributed by atoms with Gasteiger partial charge in [0.1, 0.15) is 17.1 Å². The largest absolute Gasteiger partial charge is 0.507 e. The fourth-order valence-corrected chi connectivity index (χ4v) is 3.42. The standard InChI is InChI=1S/C21H23N3O7/c1-14-12-16(24(29)30)3-5-19(14)31-11-6-20(26)23-9-7-22(8-10-23)15-2-4-18(25)17(13-15)21(27)28/h2-5,12-13,25H,6-11H2,1H3,(H,27,28). The summed E-state index contributed by atoms with van der Waals surface area (Å²) in [5.41, 5.74) is 1.14. The van der Waals surface area contributed by atoms with Crippen LogP contribution in [0.5, 0.6) is 11.5 Å². The molecule has 3 rings (SSSR count). The number of phenols is 1. The molecule has 0 aromatic heterocycles. The molecule has 2 aromatic rings. The topological polar surface area (TPSA) is 133 Å². The molecule has 0 radical (unpaired) electrons. The van der Waals surface area contributed by atoms with Gasteiger partial charge in [0.15, 0.2) is 0 Å². The van der Waals surface area contributed by atoms with Crippen LogP contribution in [0, 0.1) is 17.0 Å². The average Bonchev–Trinajstić information content (AvgIpc) is 2.75. The summed E-state index contributed by atoms with van der Waals surface area (Å²) in [6.45, 7) is 3.92. The second kappa shape index (κ2) is 9.33. The van der Waals surface area contributed by atoms with Crippen molar-refractivity contribution in [2.45, 2.75) is 13.3 Å². The van der Waals surface area contributed by atoms with Gasteiger partial charge in [-0.1, -0.05) is 0 Å². The number of carbonyl (C=O) groups is 2. The number of piperazine rings is 1. The van der Waals surface area contributed by atoms with Gasteiger partial charge in [0.05, 0.1) is 18.0 Å². The Kier molecular flexibility index (Phi) is 6.58. The summed E-state index contributed by atoms with van der Waals surface area (Å²) in [6, 6.07) is 8.75. The van der Waals surface area contributed by atoms with E-state index < -0.39 is 10.9 Å². The van der Waals surface area contributed by atoms with E-state index in [1.165, 1.54) is 30.3 Å². The Balaban J connectivity index is 1.49. The number of rotatable bonds is 7. The van der Waals surface area contributed by atoms with Crippen LogP contribution in [0.1, 0.15) is 22.3 Å². The number of carboxylic acid groups (broad SMARTS) is 1. The van der Waals surface area contributed by atoms with Crippen LogP contribution < -0.4 is 9.64 Å². The van der Waals surface area contributed by atoms with Gasteiger partial charge in [-0.3, -0.25) is 14.9 Å². The molecule has 1 aliphatic rings. The molecule has 164 valence electrons. The Morgan fingerprint density at radius 3 is 2.45 bits per heavy atom. The Bertz CT molecular complexity index is 1000. The van der Waals surface area contributed by atoms with E-state index >= 15 is 0 Å². The number of nitro benzene ring substituents is 1. The van der Waals surface area contributed by atoms with Gasteiger partial charge in [0.25, 0.3) is 5.69 Å².